The monoisotopic (exact) mass is 492 g/mol. The van der Waals surface area contributed by atoms with Crippen molar-refractivity contribution in [3.05, 3.63) is 0 Å². The fraction of sp³-hybridized carbons (Fsp3) is 0.833. The molecule has 3 N–H and O–H groups in total. The summed E-state index contributed by atoms with van der Waals surface area (Å²) >= 11 is 0. The van der Waals surface area contributed by atoms with Crippen LogP contribution in [0.2, 0.25) is 0 Å². The summed E-state index contributed by atoms with van der Waals surface area (Å²) in [6.45, 7) is 4.68. The normalized spacial score (nSPS) is 20.6. The smallest absolute Gasteiger partial charge is 0.234 e. The van der Waals surface area contributed by atoms with Gasteiger partial charge < -0.3 is 20.9 Å². The van der Waals surface area contributed by atoms with Gasteiger partial charge in [0.2, 0.25) is 11.8 Å². The van der Waals surface area contributed by atoms with Crippen molar-refractivity contribution in [3.8, 4) is 0 Å². The third kappa shape index (κ3) is 8.20. The molecule has 3 fully saturated rings. The van der Waals surface area contributed by atoms with Crippen molar-refractivity contribution >= 4 is 41.8 Å². The van der Waals surface area contributed by atoms with E-state index in [1.807, 2.05) is 0 Å². The lowest BCUT2D eigenvalue weighted by molar-refractivity contribution is -0.123. The molecule has 0 unspecified atom stereocenters. The molecule has 2 aliphatic carbocycles. The highest BCUT2D eigenvalue weighted by atomic mass is 127. The molecule has 0 radical (unpaired) electrons. The molecule has 8 nitrogen and oxygen atoms in total. The van der Waals surface area contributed by atoms with Gasteiger partial charge in [-0.05, 0) is 32.1 Å². The maximum Gasteiger partial charge on any atom is 0.234 e. The van der Waals surface area contributed by atoms with Crippen LogP contribution in [0.1, 0.15) is 38.5 Å². The molecule has 0 aromatic rings. The van der Waals surface area contributed by atoms with Crippen molar-refractivity contribution in [3.63, 3.8) is 0 Å². The first-order valence-electron chi connectivity index (χ1n) is 9.90. The van der Waals surface area contributed by atoms with Gasteiger partial charge in [0, 0.05) is 58.3 Å². The molecular formula is C18H33IN6O2. The van der Waals surface area contributed by atoms with E-state index in [1.54, 1.807) is 7.05 Å². The van der Waals surface area contributed by atoms with E-state index in [9.17, 15) is 9.59 Å². The van der Waals surface area contributed by atoms with Crippen molar-refractivity contribution in [2.45, 2.75) is 50.6 Å². The number of guanidine groups is 1. The van der Waals surface area contributed by atoms with Crippen LogP contribution in [0.15, 0.2) is 4.99 Å². The van der Waals surface area contributed by atoms with Gasteiger partial charge in [-0.1, -0.05) is 0 Å². The van der Waals surface area contributed by atoms with E-state index >= 15 is 0 Å². The van der Waals surface area contributed by atoms with Gasteiger partial charge in [0.15, 0.2) is 5.96 Å². The predicted octanol–water partition coefficient (Wildman–Crippen LogP) is 0.135. The lowest BCUT2D eigenvalue weighted by Gasteiger charge is -2.36. The van der Waals surface area contributed by atoms with E-state index in [-0.39, 0.29) is 35.8 Å². The molecule has 9 heteroatoms. The summed E-state index contributed by atoms with van der Waals surface area (Å²) in [5.74, 6) is 1.19. The molecule has 0 spiro atoms. The first kappa shape index (κ1) is 22.2. The van der Waals surface area contributed by atoms with E-state index < -0.39 is 0 Å². The molecule has 0 aromatic heterocycles. The van der Waals surface area contributed by atoms with Crippen molar-refractivity contribution in [2.24, 2.45) is 4.99 Å². The lowest BCUT2D eigenvalue weighted by Crippen LogP contribution is -2.54. The molecule has 3 aliphatic rings. The third-order valence-corrected chi connectivity index (χ3v) is 5.00. The summed E-state index contributed by atoms with van der Waals surface area (Å²) in [5, 5.41) is 9.40. The average molecular weight is 492 g/mol. The highest BCUT2D eigenvalue weighted by Gasteiger charge is 2.26. The van der Waals surface area contributed by atoms with Crippen molar-refractivity contribution in [2.75, 3.05) is 46.3 Å². The summed E-state index contributed by atoms with van der Waals surface area (Å²) in [7, 11) is 1.79. The van der Waals surface area contributed by atoms with Crippen LogP contribution >= 0.6 is 24.0 Å². The maximum absolute atomic E-state index is 11.9. The summed E-state index contributed by atoms with van der Waals surface area (Å²) < 4.78 is 0. The predicted molar refractivity (Wildman–Crippen MR) is 116 cm³/mol. The molecule has 0 bridgehead atoms. The first-order chi connectivity index (χ1) is 12.6. The molecule has 1 saturated heterocycles. The Labute approximate surface area is 178 Å². The number of nitrogens with zero attached hydrogens (tertiary/aromatic N) is 3. The zero-order valence-electron chi connectivity index (χ0n) is 16.2. The van der Waals surface area contributed by atoms with Crippen LogP contribution in [0.5, 0.6) is 0 Å². The number of hydrogen-bond acceptors (Lipinski definition) is 4. The first-order valence-corrected chi connectivity index (χ1v) is 9.90. The van der Waals surface area contributed by atoms with Gasteiger partial charge in [-0.2, -0.15) is 0 Å². The Kier molecular flexibility index (Phi) is 9.07. The average Bonchev–Trinajstić information content (AvgIpc) is 3.53. The minimum absolute atomic E-state index is 0. The highest BCUT2D eigenvalue weighted by Crippen LogP contribution is 2.19. The Bertz CT molecular complexity index is 528. The molecule has 27 heavy (non-hydrogen) atoms. The fourth-order valence-electron chi connectivity index (χ4n) is 3.13. The highest BCUT2D eigenvalue weighted by molar-refractivity contribution is 14.0. The van der Waals surface area contributed by atoms with E-state index in [1.165, 1.54) is 0 Å². The van der Waals surface area contributed by atoms with Crippen LogP contribution in [0.3, 0.4) is 0 Å². The molecule has 2 amide bonds. The van der Waals surface area contributed by atoms with E-state index in [0.717, 1.165) is 70.8 Å². The van der Waals surface area contributed by atoms with Crippen molar-refractivity contribution in [1.82, 2.24) is 25.8 Å². The Hall–Kier alpha value is -1.10. The Balaban J connectivity index is 0.00000261. The number of carbonyl (C=O) groups is 2. The molecular weight excluding hydrogens is 459 g/mol. The minimum Gasteiger partial charge on any atom is -0.356 e. The fourth-order valence-corrected chi connectivity index (χ4v) is 3.13. The molecule has 3 rings (SSSR count). The summed E-state index contributed by atoms with van der Waals surface area (Å²) in [6, 6.07) is 0.865. The van der Waals surface area contributed by atoms with Crippen LogP contribution in [-0.2, 0) is 9.59 Å². The standard InChI is InChI=1S/C18H32N6O2.HI/c1-19-18(20-8-2-3-16(25)21-14-4-5-14)24-11-9-23(10-12-24)13-17(26)22-15-6-7-15;/h14-15H,2-13H2,1H3,(H,19,20)(H,21,25)(H,22,26);1H. The largest absolute Gasteiger partial charge is 0.356 e. The van der Waals surface area contributed by atoms with Crippen LogP contribution in [0.4, 0.5) is 0 Å². The molecule has 0 aromatic carbocycles. The molecule has 154 valence electrons. The zero-order valence-corrected chi connectivity index (χ0v) is 18.5. The second-order valence-corrected chi connectivity index (χ2v) is 7.52. The number of aliphatic imine (C=N–C) groups is 1. The number of amides is 2. The zero-order chi connectivity index (χ0) is 18.4. The molecule has 1 aliphatic heterocycles. The number of halogens is 1. The molecule has 1 heterocycles. The number of rotatable bonds is 8. The summed E-state index contributed by atoms with van der Waals surface area (Å²) in [4.78, 5) is 32.4. The number of hydrogen-bond donors (Lipinski definition) is 3. The van der Waals surface area contributed by atoms with Gasteiger partial charge in [0.05, 0.1) is 6.54 Å². The third-order valence-electron chi connectivity index (χ3n) is 5.00. The molecule has 2 saturated carbocycles. The van der Waals surface area contributed by atoms with Crippen LogP contribution < -0.4 is 16.0 Å². The number of piperazine rings is 1. The minimum atomic E-state index is 0. The maximum atomic E-state index is 11.9. The van der Waals surface area contributed by atoms with Crippen molar-refractivity contribution < 1.29 is 9.59 Å². The lowest BCUT2D eigenvalue weighted by atomic mass is 10.3. The van der Waals surface area contributed by atoms with E-state index in [0.29, 0.717) is 25.0 Å². The molecule has 0 atom stereocenters. The van der Waals surface area contributed by atoms with Gasteiger partial charge in [0.25, 0.3) is 0 Å². The second-order valence-electron chi connectivity index (χ2n) is 7.52. The Morgan fingerprint density at radius 1 is 0.963 bits per heavy atom. The summed E-state index contributed by atoms with van der Waals surface area (Å²) in [5.41, 5.74) is 0. The number of nitrogens with one attached hydrogen (secondary N) is 3. The quantitative estimate of drug-likeness (QED) is 0.194. The summed E-state index contributed by atoms with van der Waals surface area (Å²) in [6.07, 6.45) is 5.88. The van der Waals surface area contributed by atoms with Gasteiger partial charge in [-0.15, -0.1) is 24.0 Å². The van der Waals surface area contributed by atoms with Crippen LogP contribution in [0.25, 0.3) is 0 Å². The van der Waals surface area contributed by atoms with E-state index in [2.05, 4.69) is 30.7 Å². The van der Waals surface area contributed by atoms with Gasteiger partial charge in [-0.25, -0.2) is 0 Å². The van der Waals surface area contributed by atoms with Crippen LogP contribution in [0, 0.1) is 0 Å². The topological polar surface area (TPSA) is 89.1 Å². The van der Waals surface area contributed by atoms with Gasteiger partial charge in [-0.3, -0.25) is 19.5 Å². The van der Waals surface area contributed by atoms with Gasteiger partial charge >= 0.3 is 0 Å². The number of carbonyl (C=O) groups excluding carboxylic acids is 2. The van der Waals surface area contributed by atoms with Gasteiger partial charge in [0.1, 0.15) is 0 Å². The Morgan fingerprint density at radius 3 is 2.11 bits per heavy atom. The van der Waals surface area contributed by atoms with E-state index in [4.69, 9.17) is 0 Å². The second kappa shape index (κ2) is 11.0. The Morgan fingerprint density at radius 2 is 1.56 bits per heavy atom. The van der Waals surface area contributed by atoms with Crippen LogP contribution in [-0.4, -0.2) is 86.0 Å². The van der Waals surface area contributed by atoms with Crippen molar-refractivity contribution in [1.29, 1.82) is 0 Å². The SMILES string of the molecule is CN=C(NCCCC(=O)NC1CC1)N1CCN(CC(=O)NC2CC2)CC1.I.